The molecule has 0 unspecified atom stereocenters. The lowest BCUT2D eigenvalue weighted by molar-refractivity contribution is -0.131. The van der Waals surface area contributed by atoms with Gasteiger partial charge in [-0.1, -0.05) is 44.2 Å². The first-order chi connectivity index (χ1) is 16.6. The third kappa shape index (κ3) is 5.83. The largest absolute Gasteiger partial charge is 0.342 e. The standard InChI is InChI=1S/C27H35N5O2/c1-3-20-9-7-10-21(4-2)27(20)30-25(33)19-31-15-8-16-32(18-17-31)26(34)14-13-24-28-22-11-5-6-12-23(22)29-24/h5-7,9-12H,3-4,8,13-19H2,1-2H3,(H,28,29)(H,30,33). The number of fused-ring (bicyclic) bond motifs is 1. The third-order valence-electron chi connectivity index (χ3n) is 6.59. The SMILES string of the molecule is CCc1cccc(CC)c1NC(=O)CN1CCCN(C(=O)CCc2nc3ccccc3[nH]2)CC1. The van der Waals surface area contributed by atoms with Crippen LogP contribution in [0.5, 0.6) is 0 Å². The van der Waals surface area contributed by atoms with Crippen LogP contribution in [0.3, 0.4) is 0 Å². The number of hydrogen-bond acceptors (Lipinski definition) is 4. The van der Waals surface area contributed by atoms with E-state index in [-0.39, 0.29) is 11.8 Å². The molecule has 2 N–H and O–H groups in total. The number of amides is 2. The summed E-state index contributed by atoms with van der Waals surface area (Å²) in [5.41, 5.74) is 5.24. The molecule has 2 heterocycles. The zero-order valence-corrected chi connectivity index (χ0v) is 20.3. The number of nitrogens with one attached hydrogen (secondary N) is 2. The van der Waals surface area contributed by atoms with E-state index in [9.17, 15) is 9.59 Å². The fourth-order valence-electron chi connectivity index (χ4n) is 4.67. The fourth-order valence-corrected chi connectivity index (χ4v) is 4.67. The summed E-state index contributed by atoms with van der Waals surface area (Å²) < 4.78 is 0. The van der Waals surface area contributed by atoms with Gasteiger partial charge in [0, 0.05) is 44.7 Å². The number of carbonyl (C=O) groups excluding carboxylic acids is 2. The number of aromatic nitrogens is 2. The fraction of sp³-hybridized carbons (Fsp3) is 0.444. The molecule has 7 nitrogen and oxygen atoms in total. The summed E-state index contributed by atoms with van der Waals surface area (Å²) in [6, 6.07) is 14.1. The molecule has 0 spiro atoms. The molecule has 4 rings (SSSR count). The van der Waals surface area contributed by atoms with Gasteiger partial charge in [0.25, 0.3) is 0 Å². The summed E-state index contributed by atoms with van der Waals surface area (Å²) in [5, 5.41) is 3.16. The highest BCUT2D eigenvalue weighted by molar-refractivity contribution is 5.94. The molecule has 0 bridgehead atoms. The van der Waals surface area contributed by atoms with Gasteiger partial charge in [-0.3, -0.25) is 14.5 Å². The molecule has 0 aliphatic carbocycles. The zero-order valence-electron chi connectivity index (χ0n) is 20.3. The molecule has 2 aromatic carbocycles. The molecule has 0 radical (unpaired) electrons. The van der Waals surface area contributed by atoms with E-state index >= 15 is 0 Å². The second-order valence-corrected chi connectivity index (χ2v) is 8.92. The van der Waals surface area contributed by atoms with E-state index in [4.69, 9.17) is 0 Å². The van der Waals surface area contributed by atoms with Crippen LogP contribution in [0.15, 0.2) is 42.5 Å². The lowest BCUT2D eigenvalue weighted by Crippen LogP contribution is -2.38. The van der Waals surface area contributed by atoms with E-state index in [1.54, 1.807) is 0 Å². The van der Waals surface area contributed by atoms with Crippen molar-refractivity contribution in [3.8, 4) is 0 Å². The smallest absolute Gasteiger partial charge is 0.238 e. The second kappa shape index (κ2) is 11.3. The van der Waals surface area contributed by atoms with Crippen molar-refractivity contribution in [3.05, 3.63) is 59.4 Å². The molecular formula is C27H35N5O2. The van der Waals surface area contributed by atoms with Gasteiger partial charge in [-0.25, -0.2) is 4.98 Å². The number of anilines is 1. The van der Waals surface area contributed by atoms with Crippen molar-refractivity contribution in [2.45, 2.75) is 46.0 Å². The molecule has 7 heteroatoms. The molecule has 1 saturated heterocycles. The Morgan fingerprint density at radius 1 is 0.971 bits per heavy atom. The maximum absolute atomic E-state index is 12.8. The predicted octanol–water partition coefficient (Wildman–Crippen LogP) is 3.79. The molecule has 1 aliphatic rings. The topological polar surface area (TPSA) is 81.3 Å². The lowest BCUT2D eigenvalue weighted by Gasteiger charge is -2.22. The Kier molecular flexibility index (Phi) is 7.95. The molecule has 180 valence electrons. The summed E-state index contributed by atoms with van der Waals surface area (Å²) >= 11 is 0. The number of benzene rings is 2. The second-order valence-electron chi connectivity index (χ2n) is 8.92. The van der Waals surface area contributed by atoms with E-state index < -0.39 is 0 Å². The van der Waals surface area contributed by atoms with E-state index in [1.165, 1.54) is 11.1 Å². The number of nitrogens with zero attached hydrogens (tertiary/aromatic N) is 3. The molecule has 3 aromatic rings. The number of para-hydroxylation sites is 3. The van der Waals surface area contributed by atoms with Crippen molar-refractivity contribution in [1.29, 1.82) is 0 Å². The average Bonchev–Trinajstić information content (AvgIpc) is 3.13. The van der Waals surface area contributed by atoms with Gasteiger partial charge >= 0.3 is 0 Å². The Hall–Kier alpha value is -3.19. The van der Waals surface area contributed by atoms with Gasteiger partial charge in [0.2, 0.25) is 11.8 Å². The number of aromatic amines is 1. The maximum atomic E-state index is 12.8. The van der Waals surface area contributed by atoms with E-state index in [1.807, 2.05) is 29.2 Å². The van der Waals surface area contributed by atoms with E-state index in [0.29, 0.717) is 32.5 Å². The highest BCUT2D eigenvalue weighted by Gasteiger charge is 2.21. The van der Waals surface area contributed by atoms with Gasteiger partial charge in [0.1, 0.15) is 5.82 Å². The van der Waals surface area contributed by atoms with Crippen molar-refractivity contribution >= 4 is 28.5 Å². The molecule has 0 saturated carbocycles. The normalized spacial score (nSPS) is 14.8. The highest BCUT2D eigenvalue weighted by atomic mass is 16.2. The Balaban J connectivity index is 1.27. The summed E-state index contributed by atoms with van der Waals surface area (Å²) in [6.07, 6.45) is 3.69. The number of H-pyrrole nitrogens is 1. The Labute approximate surface area is 201 Å². The third-order valence-corrected chi connectivity index (χ3v) is 6.59. The molecule has 2 amide bonds. The number of imidazole rings is 1. The van der Waals surface area contributed by atoms with Gasteiger partial charge in [0.05, 0.1) is 17.6 Å². The van der Waals surface area contributed by atoms with Crippen LogP contribution in [-0.2, 0) is 28.9 Å². The molecular weight excluding hydrogens is 426 g/mol. The van der Waals surface area contributed by atoms with Crippen LogP contribution in [0.1, 0.15) is 43.6 Å². The van der Waals surface area contributed by atoms with Gasteiger partial charge in [-0.05, 0) is 42.5 Å². The molecule has 0 atom stereocenters. The Bertz CT molecular complexity index is 1080. The van der Waals surface area contributed by atoms with Gasteiger partial charge < -0.3 is 15.2 Å². The number of hydrogen-bond donors (Lipinski definition) is 2. The summed E-state index contributed by atoms with van der Waals surface area (Å²) in [6.45, 7) is 7.48. The van der Waals surface area contributed by atoms with Crippen LogP contribution in [0.2, 0.25) is 0 Å². The van der Waals surface area contributed by atoms with Gasteiger partial charge in [0.15, 0.2) is 0 Å². The average molecular weight is 462 g/mol. The first kappa shape index (κ1) is 24.0. The lowest BCUT2D eigenvalue weighted by atomic mass is 10.0. The highest BCUT2D eigenvalue weighted by Crippen LogP contribution is 2.22. The molecule has 1 aliphatic heterocycles. The van der Waals surface area contributed by atoms with Crippen LogP contribution in [-0.4, -0.2) is 64.3 Å². The van der Waals surface area contributed by atoms with Crippen molar-refractivity contribution in [3.63, 3.8) is 0 Å². The Morgan fingerprint density at radius 3 is 2.47 bits per heavy atom. The van der Waals surface area contributed by atoms with Crippen molar-refractivity contribution in [2.75, 3.05) is 38.0 Å². The van der Waals surface area contributed by atoms with Gasteiger partial charge in [-0.2, -0.15) is 0 Å². The Morgan fingerprint density at radius 2 is 1.74 bits per heavy atom. The van der Waals surface area contributed by atoms with E-state index in [2.05, 4.69) is 52.2 Å². The van der Waals surface area contributed by atoms with Crippen molar-refractivity contribution < 1.29 is 9.59 Å². The summed E-state index contributed by atoms with van der Waals surface area (Å²) in [4.78, 5) is 37.6. The van der Waals surface area contributed by atoms with Crippen molar-refractivity contribution in [1.82, 2.24) is 19.8 Å². The summed E-state index contributed by atoms with van der Waals surface area (Å²) in [5.74, 6) is 1.01. The van der Waals surface area contributed by atoms with Crippen LogP contribution in [0, 0.1) is 0 Å². The van der Waals surface area contributed by atoms with Crippen LogP contribution >= 0.6 is 0 Å². The molecule has 1 aromatic heterocycles. The predicted molar refractivity (Wildman–Crippen MR) is 136 cm³/mol. The minimum Gasteiger partial charge on any atom is -0.342 e. The molecule has 34 heavy (non-hydrogen) atoms. The minimum absolute atomic E-state index is 0.0141. The van der Waals surface area contributed by atoms with Crippen LogP contribution in [0.25, 0.3) is 11.0 Å². The van der Waals surface area contributed by atoms with Gasteiger partial charge in [-0.15, -0.1) is 0 Å². The van der Waals surface area contributed by atoms with Crippen molar-refractivity contribution in [2.24, 2.45) is 0 Å². The molecule has 1 fully saturated rings. The quantitative estimate of drug-likeness (QED) is 0.535. The van der Waals surface area contributed by atoms with Crippen LogP contribution < -0.4 is 5.32 Å². The number of aryl methyl sites for hydroxylation is 3. The monoisotopic (exact) mass is 461 g/mol. The first-order valence-electron chi connectivity index (χ1n) is 12.4. The van der Waals surface area contributed by atoms with E-state index in [0.717, 1.165) is 54.9 Å². The maximum Gasteiger partial charge on any atom is 0.238 e. The number of rotatable bonds is 8. The van der Waals surface area contributed by atoms with Crippen LogP contribution in [0.4, 0.5) is 5.69 Å². The first-order valence-corrected chi connectivity index (χ1v) is 12.4. The summed E-state index contributed by atoms with van der Waals surface area (Å²) in [7, 11) is 0. The zero-order chi connectivity index (χ0) is 23.9. The number of carbonyl (C=O) groups is 2. The minimum atomic E-state index is 0.0141.